The number of nitrogens with zero attached hydrogens (tertiary/aromatic N) is 1. The molecule has 0 fully saturated rings. The molecule has 0 atom stereocenters. The predicted octanol–water partition coefficient (Wildman–Crippen LogP) is 4.07. The average molecular weight is 296 g/mol. The van der Waals surface area contributed by atoms with E-state index in [1.54, 1.807) is 26.2 Å². The van der Waals surface area contributed by atoms with E-state index >= 15 is 0 Å². The highest BCUT2D eigenvalue weighted by Gasteiger charge is 2.22. The lowest BCUT2D eigenvalue weighted by Gasteiger charge is -2.15. The first-order chi connectivity index (χ1) is 9.27. The molecule has 0 saturated carbocycles. The minimum absolute atomic E-state index is 0.149. The van der Waals surface area contributed by atoms with Crippen molar-refractivity contribution >= 4 is 22.4 Å². The maximum atomic E-state index is 13.2. The van der Waals surface area contributed by atoms with E-state index in [9.17, 15) is 13.6 Å². The van der Waals surface area contributed by atoms with E-state index in [2.05, 4.69) is 10.3 Å². The molecule has 2 aromatic rings. The van der Waals surface area contributed by atoms with Gasteiger partial charge in [-0.05, 0) is 18.2 Å². The van der Waals surface area contributed by atoms with Gasteiger partial charge in [-0.15, -0.1) is 11.3 Å². The normalized spacial score (nSPS) is 11.4. The Hall–Kier alpha value is -1.82. The SMILES string of the molecule is CC(C)(C)C(=O)Nc1nc(-c2ccc(F)c(F)c2)cs1. The maximum Gasteiger partial charge on any atom is 0.231 e. The topological polar surface area (TPSA) is 42.0 Å². The number of carbonyl (C=O) groups is 1. The molecule has 106 valence electrons. The second-order valence-corrected chi connectivity index (χ2v) is 6.23. The molecule has 0 radical (unpaired) electrons. The molecule has 0 aliphatic rings. The first kappa shape index (κ1) is 14.6. The highest BCUT2D eigenvalue weighted by Crippen LogP contribution is 2.27. The summed E-state index contributed by atoms with van der Waals surface area (Å²) >= 11 is 1.24. The standard InChI is InChI=1S/C14H14F2N2OS/c1-14(2,3)12(19)18-13-17-11(7-20-13)8-4-5-9(15)10(16)6-8/h4-7H,1-3H3,(H,17,18,19). The zero-order valence-electron chi connectivity index (χ0n) is 11.3. The summed E-state index contributed by atoms with van der Waals surface area (Å²) in [6.45, 7) is 5.39. The molecule has 0 aliphatic heterocycles. The van der Waals surface area contributed by atoms with E-state index in [-0.39, 0.29) is 5.91 Å². The second-order valence-electron chi connectivity index (χ2n) is 5.37. The number of hydrogen-bond acceptors (Lipinski definition) is 3. The predicted molar refractivity (Wildman–Crippen MR) is 75.6 cm³/mol. The Labute approximate surface area is 119 Å². The van der Waals surface area contributed by atoms with Gasteiger partial charge in [-0.2, -0.15) is 0 Å². The molecule has 20 heavy (non-hydrogen) atoms. The van der Waals surface area contributed by atoms with Crippen molar-refractivity contribution in [1.82, 2.24) is 4.98 Å². The summed E-state index contributed by atoms with van der Waals surface area (Å²) in [6, 6.07) is 3.58. The summed E-state index contributed by atoms with van der Waals surface area (Å²) in [6.07, 6.45) is 0. The Morgan fingerprint density at radius 1 is 1.25 bits per heavy atom. The number of hydrogen-bond donors (Lipinski definition) is 1. The van der Waals surface area contributed by atoms with Crippen LogP contribution in [-0.4, -0.2) is 10.9 Å². The van der Waals surface area contributed by atoms with Crippen molar-refractivity contribution in [2.75, 3.05) is 5.32 Å². The third kappa shape index (κ3) is 3.19. The lowest BCUT2D eigenvalue weighted by atomic mass is 9.96. The smallest absolute Gasteiger partial charge is 0.231 e. The van der Waals surface area contributed by atoms with Gasteiger partial charge in [-0.1, -0.05) is 20.8 Å². The summed E-state index contributed by atoms with van der Waals surface area (Å²) in [4.78, 5) is 16.0. The van der Waals surface area contributed by atoms with E-state index in [1.165, 1.54) is 17.4 Å². The Balaban J connectivity index is 2.21. The molecular weight excluding hydrogens is 282 g/mol. The number of rotatable bonds is 2. The van der Waals surface area contributed by atoms with Gasteiger partial charge < -0.3 is 5.32 Å². The van der Waals surface area contributed by atoms with E-state index in [4.69, 9.17) is 0 Å². The minimum atomic E-state index is -0.921. The molecule has 2 rings (SSSR count). The van der Waals surface area contributed by atoms with Crippen LogP contribution < -0.4 is 5.32 Å². The Morgan fingerprint density at radius 3 is 2.55 bits per heavy atom. The van der Waals surface area contributed by atoms with Gasteiger partial charge in [0, 0.05) is 16.4 Å². The fourth-order valence-electron chi connectivity index (χ4n) is 1.40. The van der Waals surface area contributed by atoms with Crippen molar-refractivity contribution in [3.63, 3.8) is 0 Å². The van der Waals surface area contributed by atoms with Crippen LogP contribution >= 0.6 is 11.3 Å². The van der Waals surface area contributed by atoms with E-state index < -0.39 is 17.0 Å². The van der Waals surface area contributed by atoms with Crippen LogP contribution in [0.4, 0.5) is 13.9 Å². The van der Waals surface area contributed by atoms with Gasteiger partial charge in [0.05, 0.1) is 5.69 Å². The van der Waals surface area contributed by atoms with Crippen LogP contribution in [-0.2, 0) is 4.79 Å². The van der Waals surface area contributed by atoms with Crippen LogP contribution in [0.3, 0.4) is 0 Å². The number of halogens is 2. The summed E-state index contributed by atoms with van der Waals surface area (Å²) < 4.78 is 26.0. The molecule has 6 heteroatoms. The maximum absolute atomic E-state index is 13.2. The number of aromatic nitrogens is 1. The molecule has 0 unspecified atom stereocenters. The van der Waals surface area contributed by atoms with Crippen LogP contribution in [0.1, 0.15) is 20.8 Å². The zero-order chi connectivity index (χ0) is 14.9. The first-order valence-electron chi connectivity index (χ1n) is 6.00. The van der Waals surface area contributed by atoms with Gasteiger partial charge in [-0.25, -0.2) is 13.8 Å². The Morgan fingerprint density at radius 2 is 1.95 bits per heavy atom. The number of thiazole rings is 1. The van der Waals surface area contributed by atoms with Gasteiger partial charge >= 0.3 is 0 Å². The quantitative estimate of drug-likeness (QED) is 0.907. The molecule has 1 aromatic heterocycles. The third-order valence-electron chi connectivity index (χ3n) is 2.62. The van der Waals surface area contributed by atoms with Crippen molar-refractivity contribution in [3.05, 3.63) is 35.2 Å². The third-order valence-corrected chi connectivity index (χ3v) is 3.38. The van der Waals surface area contributed by atoms with Gasteiger partial charge in [-0.3, -0.25) is 4.79 Å². The lowest BCUT2D eigenvalue weighted by Crippen LogP contribution is -2.27. The average Bonchev–Trinajstić information content (AvgIpc) is 2.80. The van der Waals surface area contributed by atoms with Crippen molar-refractivity contribution < 1.29 is 13.6 Å². The van der Waals surface area contributed by atoms with Gasteiger partial charge in [0.2, 0.25) is 5.91 Å². The first-order valence-corrected chi connectivity index (χ1v) is 6.88. The lowest BCUT2D eigenvalue weighted by molar-refractivity contribution is -0.123. The molecule has 1 amide bonds. The number of anilines is 1. The molecule has 1 heterocycles. The second kappa shape index (κ2) is 5.28. The summed E-state index contributed by atoms with van der Waals surface area (Å²) in [5.74, 6) is -1.97. The molecule has 0 bridgehead atoms. The van der Waals surface area contributed by atoms with E-state index in [1.807, 2.05) is 0 Å². The number of carbonyl (C=O) groups excluding carboxylic acids is 1. The van der Waals surface area contributed by atoms with Crippen molar-refractivity contribution in [2.24, 2.45) is 5.41 Å². The highest BCUT2D eigenvalue weighted by atomic mass is 32.1. The number of benzene rings is 1. The molecule has 3 nitrogen and oxygen atoms in total. The van der Waals surface area contributed by atoms with Gasteiger partial charge in [0.15, 0.2) is 16.8 Å². The number of amides is 1. The summed E-state index contributed by atoms with van der Waals surface area (Å²) in [5.41, 5.74) is 0.447. The molecule has 1 N–H and O–H groups in total. The fourth-order valence-corrected chi connectivity index (χ4v) is 2.12. The van der Waals surface area contributed by atoms with Crippen LogP contribution in [0.25, 0.3) is 11.3 Å². The minimum Gasteiger partial charge on any atom is -0.302 e. The Kier molecular flexibility index (Phi) is 3.85. The van der Waals surface area contributed by atoms with Crippen LogP contribution in [0, 0.1) is 17.0 Å². The molecule has 0 aliphatic carbocycles. The van der Waals surface area contributed by atoms with Crippen molar-refractivity contribution in [1.29, 1.82) is 0 Å². The highest BCUT2D eigenvalue weighted by molar-refractivity contribution is 7.14. The molecule has 0 saturated heterocycles. The Bertz CT molecular complexity index is 647. The van der Waals surface area contributed by atoms with Crippen molar-refractivity contribution in [3.8, 4) is 11.3 Å². The van der Waals surface area contributed by atoms with E-state index in [0.717, 1.165) is 12.1 Å². The molecular formula is C14H14F2N2OS. The largest absolute Gasteiger partial charge is 0.302 e. The zero-order valence-corrected chi connectivity index (χ0v) is 12.1. The summed E-state index contributed by atoms with van der Waals surface area (Å²) in [7, 11) is 0. The van der Waals surface area contributed by atoms with Gasteiger partial charge in [0.25, 0.3) is 0 Å². The fraction of sp³-hybridized carbons (Fsp3) is 0.286. The van der Waals surface area contributed by atoms with Crippen LogP contribution in [0.2, 0.25) is 0 Å². The van der Waals surface area contributed by atoms with E-state index in [0.29, 0.717) is 16.4 Å². The number of nitrogens with one attached hydrogen (secondary N) is 1. The summed E-state index contributed by atoms with van der Waals surface area (Å²) in [5, 5.41) is 4.82. The van der Waals surface area contributed by atoms with Crippen LogP contribution in [0.15, 0.2) is 23.6 Å². The monoisotopic (exact) mass is 296 g/mol. The molecule has 0 spiro atoms. The van der Waals surface area contributed by atoms with Gasteiger partial charge in [0.1, 0.15) is 0 Å². The van der Waals surface area contributed by atoms with Crippen molar-refractivity contribution in [2.45, 2.75) is 20.8 Å². The molecule has 1 aromatic carbocycles. The van der Waals surface area contributed by atoms with Crippen LogP contribution in [0.5, 0.6) is 0 Å².